The van der Waals surface area contributed by atoms with Crippen LogP contribution in [-0.2, 0) is 8.74 Å². The number of hydrogen-bond donors (Lipinski definition) is 0. The predicted octanol–water partition coefficient (Wildman–Crippen LogP) is 3.89. The zero-order chi connectivity index (χ0) is 12.5. The summed E-state index contributed by atoms with van der Waals surface area (Å²) < 4.78 is 11.5. The molecule has 0 saturated carbocycles. The molecule has 1 unspecified atom stereocenters. The van der Waals surface area contributed by atoms with E-state index in [0.717, 1.165) is 11.1 Å². The predicted molar refractivity (Wildman–Crippen MR) is 76.0 cm³/mol. The normalized spacial score (nSPS) is 14.2. The summed E-state index contributed by atoms with van der Waals surface area (Å²) in [5.74, 6) is 3.45. The van der Waals surface area contributed by atoms with E-state index in [1.807, 2.05) is 12.1 Å². The van der Waals surface area contributed by atoms with E-state index in [1.54, 1.807) is 12.1 Å². The maximum absolute atomic E-state index is 11.5. The van der Waals surface area contributed by atoms with E-state index in [9.17, 15) is 4.21 Å². The van der Waals surface area contributed by atoms with Gasteiger partial charge in [0.1, 0.15) is 0 Å². The van der Waals surface area contributed by atoms with Crippen LogP contribution in [0.25, 0.3) is 11.1 Å². The van der Waals surface area contributed by atoms with Crippen LogP contribution < -0.4 is 0 Å². The third-order valence-electron chi connectivity index (χ3n) is 2.59. The molecular weight excluding hydrogens is 252 g/mol. The van der Waals surface area contributed by atoms with Gasteiger partial charge in [-0.25, -0.2) is 4.21 Å². The highest BCUT2D eigenvalue weighted by Crippen LogP contribution is 2.23. The van der Waals surface area contributed by atoms with Crippen LogP contribution in [0.2, 0.25) is 0 Å². The molecule has 0 aliphatic carbocycles. The fourth-order valence-electron chi connectivity index (χ4n) is 1.60. The van der Waals surface area contributed by atoms with Gasteiger partial charge in [-0.2, -0.15) is 0 Å². The van der Waals surface area contributed by atoms with Crippen molar-refractivity contribution in [2.45, 2.75) is 11.8 Å². The second kappa shape index (κ2) is 4.55. The summed E-state index contributed by atoms with van der Waals surface area (Å²) in [5, 5.41) is 0. The molecule has 17 heavy (non-hydrogen) atoms. The van der Waals surface area contributed by atoms with Crippen molar-refractivity contribution in [2.75, 3.05) is 0 Å². The Morgan fingerprint density at radius 1 is 0.941 bits per heavy atom. The highest BCUT2D eigenvalue weighted by Gasteiger charge is 2.03. The molecule has 0 aliphatic heterocycles. The van der Waals surface area contributed by atoms with Crippen molar-refractivity contribution in [3.05, 3.63) is 54.1 Å². The molecular formula is C14H13ClOS. The summed E-state index contributed by atoms with van der Waals surface area (Å²) in [7, 11) is 3.06. The summed E-state index contributed by atoms with van der Waals surface area (Å²) in [4.78, 5) is 0.565. The summed E-state index contributed by atoms with van der Waals surface area (Å²) in [6.45, 7) is 2.05. The van der Waals surface area contributed by atoms with E-state index in [2.05, 4.69) is 37.1 Å². The highest BCUT2D eigenvalue weighted by molar-refractivity contribution is 8.21. The van der Waals surface area contributed by atoms with Gasteiger partial charge in [0, 0.05) is 4.90 Å². The number of halogens is 1. The molecule has 0 amide bonds. The summed E-state index contributed by atoms with van der Waals surface area (Å²) in [5.41, 5.74) is 3.44. The molecule has 0 aliphatic rings. The van der Waals surface area contributed by atoms with Crippen molar-refractivity contribution < 1.29 is 4.21 Å². The lowest BCUT2D eigenvalue weighted by Gasteiger charge is -2.04. The Labute approximate surface area is 107 Å². The van der Waals surface area contributed by atoms with Crippen molar-refractivity contribution in [3.8, 4) is 11.1 Å². The molecule has 0 spiro atoms. The van der Waals surface area contributed by atoms with Gasteiger partial charge in [0.05, 0.1) is 8.74 Å². The third kappa shape index (κ3) is 2.90. The molecule has 2 aromatic rings. The second-order valence-corrected chi connectivity index (χ2v) is 7.14. The van der Waals surface area contributed by atoms with E-state index in [0.29, 0.717) is 4.90 Å². The lowest BCUT2D eigenvalue weighted by atomic mass is 10.0. The maximum Gasteiger partial charge on any atom is 0.0759 e. The molecule has 88 valence electrons. The van der Waals surface area contributed by atoms with Crippen molar-refractivity contribution >= 4 is 25.3 Å². The smallest absolute Gasteiger partial charge is 0.0759 e. The van der Waals surface area contributed by atoms with E-state index >= 15 is 0 Å². The van der Waals surface area contributed by atoms with Gasteiger partial charge >= 0.3 is 0 Å². The van der Waals surface area contributed by atoms with E-state index in [-0.39, 0.29) is 0 Å². The molecule has 3 heteroatoms. The van der Waals surface area contributed by atoms with Crippen LogP contribution in [0.3, 0.4) is 0 Å². The minimum absolute atomic E-state index is 0.565. The monoisotopic (exact) mass is 264 g/mol. The fraction of sp³-hybridized carbons (Fsp3) is 0.0714. The van der Waals surface area contributed by atoms with Crippen LogP contribution in [0.1, 0.15) is 5.56 Å². The molecule has 0 radical (unpaired) electrons. The van der Waals surface area contributed by atoms with Crippen LogP contribution >= 0.6 is 10.7 Å². The topological polar surface area (TPSA) is 17.1 Å². The lowest BCUT2D eigenvalue weighted by Crippen LogP contribution is -1.89. The average molecular weight is 265 g/mol. The Morgan fingerprint density at radius 2 is 1.35 bits per heavy atom. The first-order chi connectivity index (χ1) is 7.97. The molecule has 2 aromatic carbocycles. The zero-order valence-electron chi connectivity index (χ0n) is 9.52. The molecule has 0 saturated heterocycles. The fourth-order valence-corrected chi connectivity index (χ4v) is 2.45. The van der Waals surface area contributed by atoms with E-state index in [1.165, 1.54) is 5.56 Å². The van der Waals surface area contributed by atoms with Gasteiger partial charge in [-0.15, -0.1) is 0 Å². The minimum atomic E-state index is -2.64. The van der Waals surface area contributed by atoms with Gasteiger partial charge in [0.25, 0.3) is 0 Å². The first-order valence-electron chi connectivity index (χ1n) is 5.21. The Kier molecular flexibility index (Phi) is 3.27. The van der Waals surface area contributed by atoms with Crippen LogP contribution in [0.5, 0.6) is 0 Å². The Morgan fingerprint density at radius 3 is 1.76 bits per heavy atom. The Bertz CT molecular complexity index is 610. The van der Waals surface area contributed by atoms with Gasteiger partial charge in [0.2, 0.25) is 0 Å². The van der Waals surface area contributed by atoms with Gasteiger partial charge in [0.15, 0.2) is 0 Å². The third-order valence-corrected chi connectivity index (χ3v) is 4.10. The minimum Gasteiger partial charge on any atom is -0.248 e. The Hall–Kier alpha value is -1.25. The summed E-state index contributed by atoms with van der Waals surface area (Å²) in [6, 6.07) is 15.6. The molecule has 0 fully saturated rings. The van der Waals surface area contributed by atoms with Gasteiger partial charge in [-0.1, -0.05) is 42.0 Å². The molecule has 0 aromatic heterocycles. The summed E-state index contributed by atoms with van der Waals surface area (Å²) in [6.07, 6.45) is 0. The first kappa shape index (κ1) is 12.2. The summed E-state index contributed by atoms with van der Waals surface area (Å²) >= 11 is 0. The van der Waals surface area contributed by atoms with Gasteiger partial charge in [-0.05, 0) is 46.7 Å². The van der Waals surface area contributed by atoms with Crippen molar-refractivity contribution in [1.82, 2.24) is 0 Å². The standard InChI is InChI=1S/C14H13ClOS/c1-11-3-5-12(6-4-11)13-7-9-14(10-8-13)17(2,15)16/h3-10H,2H2,1H3. The van der Waals surface area contributed by atoms with Gasteiger partial charge in [-0.3, -0.25) is 0 Å². The molecule has 0 bridgehead atoms. The molecule has 0 heterocycles. The quantitative estimate of drug-likeness (QED) is 0.594. The number of aryl methyl sites for hydroxylation is 1. The van der Waals surface area contributed by atoms with Crippen LogP contribution in [0, 0.1) is 6.92 Å². The van der Waals surface area contributed by atoms with Gasteiger partial charge < -0.3 is 0 Å². The SMILES string of the molecule is C=S(=O)(Cl)c1ccc(-c2ccc(C)cc2)cc1. The number of rotatable bonds is 2. The van der Waals surface area contributed by atoms with Crippen molar-refractivity contribution in [2.24, 2.45) is 0 Å². The first-order valence-corrected chi connectivity index (χ1v) is 7.76. The van der Waals surface area contributed by atoms with Crippen molar-refractivity contribution in [3.63, 3.8) is 0 Å². The Balaban J connectivity index is 2.39. The number of benzene rings is 2. The van der Waals surface area contributed by atoms with Crippen LogP contribution in [0.4, 0.5) is 0 Å². The average Bonchev–Trinajstić information content (AvgIpc) is 2.29. The van der Waals surface area contributed by atoms with E-state index < -0.39 is 8.74 Å². The number of hydrogen-bond acceptors (Lipinski definition) is 1. The second-order valence-electron chi connectivity index (χ2n) is 3.99. The lowest BCUT2D eigenvalue weighted by molar-refractivity contribution is 0.689. The molecule has 0 N–H and O–H groups in total. The maximum atomic E-state index is 11.5. The largest absolute Gasteiger partial charge is 0.248 e. The van der Waals surface area contributed by atoms with Crippen molar-refractivity contribution in [1.29, 1.82) is 0 Å². The van der Waals surface area contributed by atoms with E-state index in [4.69, 9.17) is 10.7 Å². The molecule has 1 nitrogen and oxygen atoms in total. The molecule has 1 atom stereocenters. The molecule has 2 rings (SSSR count). The highest BCUT2D eigenvalue weighted by atomic mass is 35.7. The van der Waals surface area contributed by atoms with Crippen LogP contribution in [0.15, 0.2) is 53.4 Å². The zero-order valence-corrected chi connectivity index (χ0v) is 11.1. The van der Waals surface area contributed by atoms with Crippen LogP contribution in [-0.4, -0.2) is 10.1 Å².